The highest BCUT2D eigenvalue weighted by Gasteiger charge is 2.30. The molecule has 0 radical (unpaired) electrons. The lowest BCUT2D eigenvalue weighted by molar-refractivity contribution is -0.161. The maximum atomic E-state index is 13.1. The summed E-state index contributed by atoms with van der Waals surface area (Å²) >= 11 is 0. The third-order valence-electron chi connectivity index (χ3n) is 17.0. The summed E-state index contributed by atoms with van der Waals surface area (Å²) in [6.07, 6.45) is 84.6. The van der Waals surface area contributed by atoms with Gasteiger partial charge in [0, 0.05) is 25.7 Å². The minimum absolute atomic E-state index is 0.0459. The van der Waals surface area contributed by atoms with Gasteiger partial charge in [-0.05, 0) is 116 Å². The van der Waals surface area contributed by atoms with E-state index in [2.05, 4.69) is 149 Å². The Morgan fingerprint density at radius 2 is 0.500 bits per heavy atom. The van der Waals surface area contributed by atoms with Crippen LogP contribution in [-0.4, -0.2) is 96.7 Å². The number of ether oxygens (including phenoxy) is 4. The van der Waals surface area contributed by atoms with Gasteiger partial charge >= 0.3 is 39.5 Å². The topological polar surface area (TPSA) is 237 Å². The molecule has 104 heavy (non-hydrogen) atoms. The summed E-state index contributed by atoms with van der Waals surface area (Å²) in [7, 11) is -9.97. The first-order valence-electron chi connectivity index (χ1n) is 40.8. The van der Waals surface area contributed by atoms with Crippen LogP contribution < -0.4 is 0 Å². The number of unbranched alkanes of at least 4 members (excludes halogenated alkanes) is 30. The van der Waals surface area contributed by atoms with Gasteiger partial charge in [-0.2, -0.15) is 0 Å². The predicted octanol–water partition coefficient (Wildman–Crippen LogP) is 23.9. The SMILES string of the molecule is CC/C=C\C/C=C\C/C=C\C/C=C\C/C=C\CCCCCC(=O)OC[C@H](COP(=O)(O)OC[C@@H](O)COP(=O)(O)OC[C@@H](COC(=O)CCCCCCCCCCCCCCC)OC(=O)CCCCCCCCCCCCCCC)OC(=O)CCCCC/C=C\C/C=C\C/C=C\C/C=C\C/C=C\CC. The number of hydrogen-bond acceptors (Lipinski definition) is 15. The Bertz CT molecular complexity index is 2440. The van der Waals surface area contributed by atoms with Crippen molar-refractivity contribution in [2.75, 3.05) is 39.6 Å². The first-order valence-corrected chi connectivity index (χ1v) is 43.8. The molecule has 0 aliphatic rings. The fraction of sp³-hybridized carbons (Fsp3) is 0.718. The molecule has 0 saturated carbocycles. The maximum Gasteiger partial charge on any atom is 0.472 e. The summed E-state index contributed by atoms with van der Waals surface area (Å²) < 4.78 is 68.6. The summed E-state index contributed by atoms with van der Waals surface area (Å²) in [6.45, 7) is 4.61. The Morgan fingerprint density at radius 3 is 0.769 bits per heavy atom. The molecule has 0 aliphatic carbocycles. The number of phosphoric ester groups is 2. The van der Waals surface area contributed by atoms with E-state index in [1.54, 1.807) is 0 Å². The highest BCUT2D eigenvalue weighted by atomic mass is 31.2. The number of rotatable bonds is 76. The summed E-state index contributed by atoms with van der Waals surface area (Å²) in [5.74, 6) is -2.23. The van der Waals surface area contributed by atoms with Crippen molar-refractivity contribution in [3.63, 3.8) is 0 Å². The van der Waals surface area contributed by atoms with Crippen molar-refractivity contribution in [3.8, 4) is 0 Å². The molecular formula is C85H146O17P2. The predicted molar refractivity (Wildman–Crippen MR) is 427 cm³/mol. The average Bonchev–Trinajstić information content (AvgIpc) is 0.906. The summed E-state index contributed by atoms with van der Waals surface area (Å²) in [5.41, 5.74) is 0. The quantitative estimate of drug-likeness (QED) is 0.0169. The Hall–Kier alpha value is -4.54. The average molecular weight is 1500 g/mol. The second kappa shape index (κ2) is 76.6. The van der Waals surface area contributed by atoms with Crippen LogP contribution in [0.5, 0.6) is 0 Å². The van der Waals surface area contributed by atoms with Gasteiger partial charge in [-0.25, -0.2) is 9.13 Å². The number of carbonyl (C=O) groups excluding carboxylic acids is 4. The van der Waals surface area contributed by atoms with Crippen LogP contribution in [0.3, 0.4) is 0 Å². The standard InChI is InChI=1S/C85H146O17P2/c1-5-9-13-17-21-25-29-33-35-37-39-41-43-47-50-54-58-62-66-70-83(88)96-76-81(102-85(90)72-68-64-60-56-52-48-44-42-40-38-36-34-30-26-22-18-14-10-6-2)78-100-104(93,94)98-74-79(86)73-97-103(91,92)99-77-80(101-84(89)71-67-63-59-55-51-46-32-28-24-20-16-12-8-4)75-95-82(87)69-65-61-57-53-49-45-31-27-23-19-15-11-7-3/h9-10,13-14,21-22,25-26,33-36,39-42,47-48,50,52,79-81,86H,5-8,11-12,15-20,23-24,27-32,37-38,43-46,49,51,53-78H2,1-4H3,(H,91,92)(H,93,94)/b13-9-,14-10-,25-21-,26-22-,35-33-,36-34-,41-39-,42-40-,50-47-,52-48-/t79-,80+,81+/m0/s1. The van der Waals surface area contributed by atoms with Crippen LogP contribution in [0.25, 0.3) is 0 Å². The zero-order valence-corrected chi connectivity index (χ0v) is 67.2. The normalized spacial score (nSPS) is 14.5. The number of esters is 4. The molecule has 0 bridgehead atoms. The Morgan fingerprint density at radius 1 is 0.279 bits per heavy atom. The lowest BCUT2D eigenvalue weighted by atomic mass is 10.0. The molecule has 19 heteroatoms. The monoisotopic (exact) mass is 1500 g/mol. The van der Waals surface area contributed by atoms with Gasteiger partial charge in [0.05, 0.1) is 26.4 Å². The van der Waals surface area contributed by atoms with Crippen molar-refractivity contribution < 1.29 is 80.2 Å². The van der Waals surface area contributed by atoms with Gasteiger partial charge in [-0.15, -0.1) is 0 Å². The second-order valence-electron chi connectivity index (χ2n) is 27.0. The van der Waals surface area contributed by atoms with Crippen molar-refractivity contribution in [2.24, 2.45) is 0 Å². The molecule has 0 aromatic carbocycles. The number of aliphatic hydroxyl groups excluding tert-OH is 1. The van der Waals surface area contributed by atoms with Gasteiger partial charge in [0.1, 0.15) is 19.3 Å². The zero-order valence-electron chi connectivity index (χ0n) is 65.4. The van der Waals surface area contributed by atoms with Gasteiger partial charge in [0.15, 0.2) is 12.2 Å². The molecule has 0 amide bonds. The molecule has 3 N–H and O–H groups in total. The van der Waals surface area contributed by atoms with Crippen LogP contribution in [0.4, 0.5) is 0 Å². The van der Waals surface area contributed by atoms with E-state index in [9.17, 15) is 43.2 Å². The minimum Gasteiger partial charge on any atom is -0.462 e. The Balaban J connectivity index is 5.42. The molecule has 0 aromatic rings. The summed E-state index contributed by atoms with van der Waals surface area (Å²) in [5, 5.41) is 10.6. The molecule has 0 aliphatic heterocycles. The molecule has 0 rings (SSSR count). The third kappa shape index (κ3) is 75.7. The first kappa shape index (κ1) is 99.5. The van der Waals surface area contributed by atoms with E-state index in [0.717, 1.165) is 148 Å². The van der Waals surface area contributed by atoms with Crippen LogP contribution in [0.1, 0.15) is 336 Å². The number of phosphoric acid groups is 2. The lowest BCUT2D eigenvalue weighted by Gasteiger charge is -2.21. The maximum absolute atomic E-state index is 13.1. The third-order valence-corrected chi connectivity index (χ3v) is 18.9. The minimum atomic E-state index is -5.00. The van der Waals surface area contributed by atoms with Gasteiger partial charge in [-0.3, -0.25) is 37.3 Å². The Labute approximate surface area is 632 Å². The largest absolute Gasteiger partial charge is 0.472 e. The van der Waals surface area contributed by atoms with E-state index in [1.165, 1.54) is 109 Å². The molecule has 2 unspecified atom stereocenters. The van der Waals surface area contributed by atoms with Crippen LogP contribution in [0.2, 0.25) is 0 Å². The Kier molecular flexibility index (Phi) is 73.3. The number of aliphatic hydroxyl groups is 1. The van der Waals surface area contributed by atoms with Crippen molar-refractivity contribution in [1.29, 1.82) is 0 Å². The van der Waals surface area contributed by atoms with Crippen molar-refractivity contribution in [2.45, 2.75) is 354 Å². The smallest absolute Gasteiger partial charge is 0.462 e. The van der Waals surface area contributed by atoms with Crippen LogP contribution in [-0.2, 0) is 65.4 Å². The van der Waals surface area contributed by atoms with Crippen molar-refractivity contribution in [1.82, 2.24) is 0 Å². The van der Waals surface area contributed by atoms with E-state index in [0.29, 0.717) is 25.7 Å². The molecule has 598 valence electrons. The fourth-order valence-electron chi connectivity index (χ4n) is 10.8. The number of hydrogen-bond donors (Lipinski definition) is 3. The molecule has 0 heterocycles. The molecular weight excluding hydrogens is 1350 g/mol. The van der Waals surface area contributed by atoms with Gasteiger partial charge in [0.2, 0.25) is 0 Å². The highest BCUT2D eigenvalue weighted by Crippen LogP contribution is 2.45. The van der Waals surface area contributed by atoms with E-state index in [1.807, 2.05) is 0 Å². The summed E-state index contributed by atoms with van der Waals surface area (Å²) in [4.78, 5) is 73.0. The molecule has 17 nitrogen and oxygen atoms in total. The number of carbonyl (C=O) groups is 4. The molecule has 0 fully saturated rings. The number of allylic oxidation sites excluding steroid dienone is 20. The van der Waals surface area contributed by atoms with Gasteiger partial charge in [0.25, 0.3) is 0 Å². The molecule has 0 spiro atoms. The van der Waals surface area contributed by atoms with E-state index < -0.39 is 97.5 Å². The van der Waals surface area contributed by atoms with Crippen LogP contribution in [0, 0.1) is 0 Å². The second-order valence-corrected chi connectivity index (χ2v) is 29.9. The van der Waals surface area contributed by atoms with Crippen molar-refractivity contribution >= 4 is 39.5 Å². The highest BCUT2D eigenvalue weighted by molar-refractivity contribution is 7.47. The fourth-order valence-corrected chi connectivity index (χ4v) is 12.4. The van der Waals surface area contributed by atoms with E-state index in [-0.39, 0.29) is 25.7 Å². The van der Waals surface area contributed by atoms with E-state index >= 15 is 0 Å². The summed E-state index contributed by atoms with van der Waals surface area (Å²) in [6, 6.07) is 0. The molecule has 5 atom stereocenters. The van der Waals surface area contributed by atoms with Crippen LogP contribution in [0.15, 0.2) is 122 Å². The molecule has 0 aromatic heterocycles. The van der Waals surface area contributed by atoms with Crippen LogP contribution >= 0.6 is 15.6 Å². The zero-order chi connectivity index (χ0) is 76.0. The van der Waals surface area contributed by atoms with E-state index in [4.69, 9.17) is 37.0 Å². The van der Waals surface area contributed by atoms with Gasteiger partial charge in [-0.1, -0.05) is 316 Å². The molecule has 0 saturated heterocycles. The van der Waals surface area contributed by atoms with Crippen molar-refractivity contribution in [3.05, 3.63) is 122 Å². The lowest BCUT2D eigenvalue weighted by Crippen LogP contribution is -2.30. The van der Waals surface area contributed by atoms with Gasteiger partial charge < -0.3 is 33.8 Å². The first-order chi connectivity index (χ1) is 50.7.